The lowest BCUT2D eigenvalue weighted by atomic mass is 9.92. The molecule has 4 N–H and O–H groups in total. The molecule has 6 nitrogen and oxygen atoms in total. The summed E-state index contributed by atoms with van der Waals surface area (Å²) < 4.78 is 0. The molecular weight excluding hydrogens is 254 g/mol. The predicted octanol–water partition coefficient (Wildman–Crippen LogP) is 0.678. The highest BCUT2D eigenvalue weighted by Gasteiger charge is 2.18. The van der Waals surface area contributed by atoms with E-state index in [1.54, 1.807) is 12.3 Å². The van der Waals surface area contributed by atoms with E-state index < -0.39 is 0 Å². The Morgan fingerprint density at radius 2 is 2.10 bits per heavy atom. The number of pyridine rings is 1. The molecule has 2 heterocycles. The van der Waals surface area contributed by atoms with Crippen molar-refractivity contribution in [1.29, 1.82) is 0 Å². The zero-order chi connectivity index (χ0) is 13.9. The standard InChI is InChI=1S/C14H19N5O/c15-9-1-3-10(4-2-9)17-7-12-13-11(5-6-16-12)14(20)19-8-18-13/h5-6,8-10,17H,1-4,7,15H2,(H,18,19,20)/t9-,10-. The predicted molar refractivity (Wildman–Crippen MR) is 77.2 cm³/mol. The molecule has 0 aliphatic heterocycles. The summed E-state index contributed by atoms with van der Waals surface area (Å²) in [6.07, 6.45) is 7.42. The maximum absolute atomic E-state index is 11.7. The van der Waals surface area contributed by atoms with Crippen LogP contribution in [0.15, 0.2) is 23.4 Å². The number of aromatic amines is 1. The number of aromatic nitrogens is 3. The van der Waals surface area contributed by atoms with Gasteiger partial charge < -0.3 is 16.0 Å². The highest BCUT2D eigenvalue weighted by atomic mass is 16.1. The summed E-state index contributed by atoms with van der Waals surface area (Å²) in [7, 11) is 0. The molecule has 0 saturated heterocycles. The van der Waals surface area contributed by atoms with Crippen LogP contribution in [0.1, 0.15) is 31.4 Å². The zero-order valence-corrected chi connectivity index (χ0v) is 11.3. The Bertz CT molecular complexity index is 645. The van der Waals surface area contributed by atoms with E-state index >= 15 is 0 Å². The summed E-state index contributed by atoms with van der Waals surface area (Å²) in [5, 5.41) is 4.09. The van der Waals surface area contributed by atoms with Crippen LogP contribution in [-0.2, 0) is 6.54 Å². The molecule has 106 valence electrons. The monoisotopic (exact) mass is 273 g/mol. The molecule has 3 rings (SSSR count). The summed E-state index contributed by atoms with van der Waals surface area (Å²) in [5.41, 5.74) is 7.28. The quantitative estimate of drug-likeness (QED) is 0.764. The normalized spacial score (nSPS) is 23.1. The SMILES string of the molecule is N[C@H]1CC[C@H](NCc2nccc3c(=O)[nH]cnc23)CC1. The van der Waals surface area contributed by atoms with Crippen molar-refractivity contribution in [2.45, 2.75) is 44.3 Å². The van der Waals surface area contributed by atoms with Gasteiger partial charge >= 0.3 is 0 Å². The van der Waals surface area contributed by atoms with Crippen LogP contribution in [0.4, 0.5) is 0 Å². The Morgan fingerprint density at radius 1 is 1.30 bits per heavy atom. The fraction of sp³-hybridized carbons (Fsp3) is 0.500. The molecule has 6 heteroatoms. The van der Waals surface area contributed by atoms with Crippen molar-refractivity contribution in [2.75, 3.05) is 0 Å². The first-order valence-electron chi connectivity index (χ1n) is 7.04. The van der Waals surface area contributed by atoms with Gasteiger partial charge in [-0.3, -0.25) is 9.78 Å². The Balaban J connectivity index is 1.75. The summed E-state index contributed by atoms with van der Waals surface area (Å²) in [5.74, 6) is 0. The van der Waals surface area contributed by atoms with Crippen molar-refractivity contribution in [3.05, 3.63) is 34.6 Å². The minimum Gasteiger partial charge on any atom is -0.328 e. The Morgan fingerprint density at radius 3 is 2.90 bits per heavy atom. The van der Waals surface area contributed by atoms with Crippen LogP contribution in [0.5, 0.6) is 0 Å². The number of nitrogens with one attached hydrogen (secondary N) is 2. The summed E-state index contributed by atoms with van der Waals surface area (Å²) >= 11 is 0. The number of nitrogens with zero attached hydrogens (tertiary/aromatic N) is 2. The van der Waals surface area contributed by atoms with E-state index in [4.69, 9.17) is 5.73 Å². The van der Waals surface area contributed by atoms with Gasteiger partial charge in [-0.05, 0) is 31.7 Å². The van der Waals surface area contributed by atoms with E-state index in [-0.39, 0.29) is 5.56 Å². The van der Waals surface area contributed by atoms with Crippen molar-refractivity contribution in [2.24, 2.45) is 5.73 Å². The Labute approximate surface area is 116 Å². The second kappa shape index (κ2) is 5.68. The van der Waals surface area contributed by atoms with Crippen LogP contribution >= 0.6 is 0 Å². The van der Waals surface area contributed by atoms with Crippen molar-refractivity contribution in [3.63, 3.8) is 0 Å². The van der Waals surface area contributed by atoms with E-state index in [1.165, 1.54) is 6.33 Å². The van der Waals surface area contributed by atoms with Crippen LogP contribution in [0.2, 0.25) is 0 Å². The van der Waals surface area contributed by atoms with Crippen LogP contribution in [0.25, 0.3) is 10.9 Å². The third-order valence-electron chi connectivity index (χ3n) is 3.96. The number of nitrogens with two attached hydrogens (primary N) is 1. The Kier molecular flexibility index (Phi) is 3.75. The van der Waals surface area contributed by atoms with Crippen LogP contribution in [0.3, 0.4) is 0 Å². The van der Waals surface area contributed by atoms with Gasteiger partial charge in [-0.25, -0.2) is 4.98 Å². The molecule has 1 aliphatic rings. The topological polar surface area (TPSA) is 96.7 Å². The highest BCUT2D eigenvalue weighted by Crippen LogP contribution is 2.18. The second-order valence-electron chi connectivity index (χ2n) is 5.38. The van der Waals surface area contributed by atoms with Crippen LogP contribution in [-0.4, -0.2) is 27.0 Å². The minimum atomic E-state index is -0.123. The first-order chi connectivity index (χ1) is 9.74. The number of fused-ring (bicyclic) bond motifs is 1. The lowest BCUT2D eigenvalue weighted by molar-refractivity contribution is 0.341. The first-order valence-corrected chi connectivity index (χ1v) is 7.04. The van der Waals surface area contributed by atoms with Gasteiger partial charge in [-0.2, -0.15) is 0 Å². The molecule has 2 aromatic rings. The van der Waals surface area contributed by atoms with E-state index in [2.05, 4.69) is 20.3 Å². The molecule has 1 saturated carbocycles. The van der Waals surface area contributed by atoms with Crippen LogP contribution in [0, 0.1) is 0 Å². The molecule has 20 heavy (non-hydrogen) atoms. The first kappa shape index (κ1) is 13.2. The average Bonchev–Trinajstić information content (AvgIpc) is 2.47. The third kappa shape index (κ3) is 2.71. The van der Waals surface area contributed by atoms with Gasteiger partial charge in [0.1, 0.15) is 5.52 Å². The molecule has 0 bridgehead atoms. The van der Waals surface area contributed by atoms with Gasteiger partial charge in [-0.15, -0.1) is 0 Å². The molecular formula is C14H19N5O. The van der Waals surface area contributed by atoms with Crippen molar-refractivity contribution < 1.29 is 0 Å². The smallest absolute Gasteiger partial charge is 0.258 e. The van der Waals surface area contributed by atoms with Crippen molar-refractivity contribution in [1.82, 2.24) is 20.3 Å². The summed E-state index contributed by atoms with van der Waals surface area (Å²) in [6, 6.07) is 2.53. The maximum atomic E-state index is 11.7. The lowest BCUT2D eigenvalue weighted by Gasteiger charge is -2.26. The zero-order valence-electron chi connectivity index (χ0n) is 11.3. The minimum absolute atomic E-state index is 0.123. The van der Waals surface area contributed by atoms with Gasteiger partial charge in [0.15, 0.2) is 0 Å². The van der Waals surface area contributed by atoms with Gasteiger partial charge in [0.25, 0.3) is 5.56 Å². The lowest BCUT2D eigenvalue weighted by Crippen LogP contribution is -2.37. The van der Waals surface area contributed by atoms with Crippen LogP contribution < -0.4 is 16.6 Å². The van der Waals surface area contributed by atoms with Gasteiger partial charge in [0, 0.05) is 24.8 Å². The summed E-state index contributed by atoms with van der Waals surface area (Å²) in [6.45, 7) is 0.633. The second-order valence-corrected chi connectivity index (χ2v) is 5.38. The molecule has 0 atom stereocenters. The maximum Gasteiger partial charge on any atom is 0.258 e. The molecule has 0 spiro atoms. The molecule has 0 aromatic carbocycles. The molecule has 1 fully saturated rings. The number of rotatable bonds is 3. The van der Waals surface area contributed by atoms with Gasteiger partial charge in [-0.1, -0.05) is 0 Å². The number of hydrogen-bond acceptors (Lipinski definition) is 5. The molecule has 0 radical (unpaired) electrons. The van der Waals surface area contributed by atoms with E-state index in [0.717, 1.165) is 31.4 Å². The average molecular weight is 273 g/mol. The number of H-pyrrole nitrogens is 1. The van der Waals surface area contributed by atoms with E-state index in [1.807, 2.05) is 0 Å². The number of hydrogen-bond donors (Lipinski definition) is 3. The molecule has 2 aromatic heterocycles. The largest absolute Gasteiger partial charge is 0.328 e. The fourth-order valence-corrected chi connectivity index (χ4v) is 2.75. The van der Waals surface area contributed by atoms with Crippen molar-refractivity contribution >= 4 is 10.9 Å². The third-order valence-corrected chi connectivity index (χ3v) is 3.96. The summed E-state index contributed by atoms with van der Waals surface area (Å²) in [4.78, 5) is 22.9. The highest BCUT2D eigenvalue weighted by molar-refractivity contribution is 5.78. The van der Waals surface area contributed by atoms with E-state index in [9.17, 15) is 4.79 Å². The molecule has 1 aliphatic carbocycles. The van der Waals surface area contributed by atoms with Gasteiger partial charge in [0.05, 0.1) is 17.4 Å². The molecule has 0 amide bonds. The Hall–Kier alpha value is -1.79. The molecule has 0 unspecified atom stereocenters. The van der Waals surface area contributed by atoms with Gasteiger partial charge in [0.2, 0.25) is 0 Å². The van der Waals surface area contributed by atoms with Crippen molar-refractivity contribution in [3.8, 4) is 0 Å². The fourth-order valence-electron chi connectivity index (χ4n) is 2.75. The van der Waals surface area contributed by atoms with E-state index in [0.29, 0.717) is 29.5 Å².